The van der Waals surface area contributed by atoms with E-state index in [1.54, 1.807) is 14.2 Å². The Morgan fingerprint density at radius 2 is 1.83 bits per heavy atom. The maximum atomic E-state index is 5.81. The van der Waals surface area contributed by atoms with Crippen molar-refractivity contribution in [2.45, 2.75) is 12.5 Å². The molecule has 1 aliphatic rings. The van der Waals surface area contributed by atoms with Gasteiger partial charge in [-0.2, -0.15) is 5.10 Å². The number of benzene rings is 2. The van der Waals surface area contributed by atoms with Gasteiger partial charge >= 0.3 is 0 Å². The highest BCUT2D eigenvalue weighted by Crippen LogP contribution is 2.38. The number of rotatable bonds is 5. The molecule has 0 saturated heterocycles. The molecule has 5 heteroatoms. The standard InChI is InChI=1S/C18H21N3O2/c1-22-17-9-8-15(11-18(17)23-2)21-16(10-14(12-19)20-21)13-6-4-3-5-7-13/h3-9,11,16H,10,12,19H2,1-2H3. The summed E-state index contributed by atoms with van der Waals surface area (Å²) in [5.41, 5.74) is 8.98. The highest BCUT2D eigenvalue weighted by molar-refractivity contribution is 5.90. The van der Waals surface area contributed by atoms with Crippen LogP contribution in [0.1, 0.15) is 18.0 Å². The fourth-order valence-electron chi connectivity index (χ4n) is 2.84. The number of hydrazone groups is 1. The van der Waals surface area contributed by atoms with Crippen molar-refractivity contribution in [3.8, 4) is 11.5 Å². The van der Waals surface area contributed by atoms with Crippen LogP contribution < -0.4 is 20.2 Å². The third-order valence-corrected chi connectivity index (χ3v) is 4.02. The SMILES string of the molecule is COc1ccc(N2N=C(CN)CC2c2ccccc2)cc1OC. The zero-order valence-corrected chi connectivity index (χ0v) is 13.4. The average Bonchev–Trinajstić information content (AvgIpc) is 3.06. The molecular weight excluding hydrogens is 290 g/mol. The van der Waals surface area contributed by atoms with E-state index >= 15 is 0 Å². The van der Waals surface area contributed by atoms with Gasteiger partial charge in [0.2, 0.25) is 0 Å². The molecule has 120 valence electrons. The van der Waals surface area contributed by atoms with Crippen molar-refractivity contribution in [2.24, 2.45) is 10.8 Å². The predicted octanol–water partition coefficient (Wildman–Crippen LogP) is 2.97. The van der Waals surface area contributed by atoms with E-state index in [0.29, 0.717) is 18.0 Å². The van der Waals surface area contributed by atoms with Crippen LogP contribution in [0, 0.1) is 0 Å². The van der Waals surface area contributed by atoms with Gasteiger partial charge in [-0.15, -0.1) is 0 Å². The lowest BCUT2D eigenvalue weighted by Gasteiger charge is -2.24. The quantitative estimate of drug-likeness (QED) is 0.922. The zero-order chi connectivity index (χ0) is 16.2. The van der Waals surface area contributed by atoms with Crippen LogP contribution in [-0.2, 0) is 0 Å². The Kier molecular flexibility index (Phi) is 4.48. The van der Waals surface area contributed by atoms with Crippen molar-refractivity contribution in [3.63, 3.8) is 0 Å². The summed E-state index contributed by atoms with van der Waals surface area (Å²) in [6.07, 6.45) is 0.828. The van der Waals surface area contributed by atoms with E-state index < -0.39 is 0 Å². The molecular formula is C18H21N3O2. The molecule has 3 rings (SSSR count). The van der Waals surface area contributed by atoms with E-state index in [0.717, 1.165) is 17.8 Å². The number of hydrogen-bond acceptors (Lipinski definition) is 5. The minimum absolute atomic E-state index is 0.146. The lowest BCUT2D eigenvalue weighted by molar-refractivity contribution is 0.355. The maximum absolute atomic E-state index is 5.81. The first kappa shape index (κ1) is 15.4. The smallest absolute Gasteiger partial charge is 0.162 e. The van der Waals surface area contributed by atoms with Gasteiger partial charge in [-0.1, -0.05) is 30.3 Å². The van der Waals surface area contributed by atoms with E-state index in [-0.39, 0.29) is 6.04 Å². The van der Waals surface area contributed by atoms with Crippen LogP contribution in [0.3, 0.4) is 0 Å². The molecule has 2 aromatic carbocycles. The molecule has 1 aliphatic heterocycles. The van der Waals surface area contributed by atoms with E-state index in [9.17, 15) is 0 Å². The van der Waals surface area contributed by atoms with E-state index in [1.807, 2.05) is 41.4 Å². The van der Waals surface area contributed by atoms with E-state index in [2.05, 4.69) is 12.1 Å². The summed E-state index contributed by atoms with van der Waals surface area (Å²) in [6.45, 7) is 0.465. The Labute approximate surface area is 136 Å². The second-order valence-electron chi connectivity index (χ2n) is 5.38. The number of anilines is 1. The van der Waals surface area contributed by atoms with E-state index in [4.69, 9.17) is 20.3 Å². The Balaban J connectivity index is 1.99. The van der Waals surface area contributed by atoms with Gasteiger partial charge in [0.1, 0.15) is 0 Å². The van der Waals surface area contributed by atoms with Crippen LogP contribution in [0.15, 0.2) is 53.6 Å². The van der Waals surface area contributed by atoms with Gasteiger partial charge < -0.3 is 15.2 Å². The number of nitrogens with zero attached hydrogens (tertiary/aromatic N) is 2. The third kappa shape index (κ3) is 3.00. The van der Waals surface area contributed by atoms with Crippen molar-refractivity contribution < 1.29 is 9.47 Å². The molecule has 0 fully saturated rings. The summed E-state index contributed by atoms with van der Waals surface area (Å²) in [6, 6.07) is 16.3. The Bertz CT molecular complexity index is 701. The average molecular weight is 311 g/mol. The Morgan fingerprint density at radius 1 is 1.09 bits per heavy atom. The molecule has 0 bridgehead atoms. The van der Waals surface area contributed by atoms with Crippen molar-refractivity contribution in [1.29, 1.82) is 0 Å². The van der Waals surface area contributed by atoms with Crippen LogP contribution in [0.5, 0.6) is 11.5 Å². The van der Waals surface area contributed by atoms with Gasteiger partial charge in [-0.25, -0.2) is 0 Å². The molecule has 1 atom stereocenters. The van der Waals surface area contributed by atoms with Crippen molar-refractivity contribution >= 4 is 11.4 Å². The zero-order valence-electron chi connectivity index (χ0n) is 13.4. The van der Waals surface area contributed by atoms with Crippen molar-refractivity contribution in [3.05, 3.63) is 54.1 Å². The van der Waals surface area contributed by atoms with Crippen LogP contribution in [0.4, 0.5) is 5.69 Å². The van der Waals surface area contributed by atoms with Crippen molar-refractivity contribution in [2.75, 3.05) is 25.8 Å². The second kappa shape index (κ2) is 6.71. The second-order valence-corrected chi connectivity index (χ2v) is 5.38. The first-order valence-corrected chi connectivity index (χ1v) is 7.59. The normalized spacial score (nSPS) is 17.1. The number of ether oxygens (including phenoxy) is 2. The van der Waals surface area contributed by atoms with Gasteiger partial charge in [-0.05, 0) is 17.7 Å². The molecule has 23 heavy (non-hydrogen) atoms. The molecule has 0 radical (unpaired) electrons. The molecule has 0 spiro atoms. The molecule has 1 heterocycles. The number of nitrogens with two attached hydrogens (primary N) is 1. The Hall–Kier alpha value is -2.53. The summed E-state index contributed by atoms with van der Waals surface area (Å²) < 4.78 is 10.7. The molecule has 0 saturated carbocycles. The lowest BCUT2D eigenvalue weighted by Crippen LogP contribution is -2.18. The van der Waals surface area contributed by atoms with Gasteiger partial charge in [-0.3, -0.25) is 5.01 Å². The monoisotopic (exact) mass is 311 g/mol. The first-order valence-electron chi connectivity index (χ1n) is 7.59. The van der Waals surface area contributed by atoms with E-state index in [1.165, 1.54) is 5.56 Å². The summed E-state index contributed by atoms with van der Waals surface area (Å²) in [5, 5.41) is 6.71. The number of methoxy groups -OCH3 is 2. The van der Waals surface area contributed by atoms with Crippen LogP contribution in [-0.4, -0.2) is 26.5 Å². The van der Waals surface area contributed by atoms with Gasteiger partial charge in [0, 0.05) is 19.0 Å². The minimum atomic E-state index is 0.146. The molecule has 1 unspecified atom stereocenters. The molecule has 0 aromatic heterocycles. The topological polar surface area (TPSA) is 60.1 Å². The fourth-order valence-corrected chi connectivity index (χ4v) is 2.84. The van der Waals surface area contributed by atoms with Crippen LogP contribution in [0.25, 0.3) is 0 Å². The van der Waals surface area contributed by atoms with Gasteiger partial charge in [0.15, 0.2) is 11.5 Å². The minimum Gasteiger partial charge on any atom is -0.493 e. The highest BCUT2D eigenvalue weighted by atomic mass is 16.5. The predicted molar refractivity (Wildman–Crippen MR) is 92.3 cm³/mol. The summed E-state index contributed by atoms with van der Waals surface area (Å²) in [5.74, 6) is 1.39. The molecule has 0 amide bonds. The largest absolute Gasteiger partial charge is 0.493 e. The van der Waals surface area contributed by atoms with Crippen LogP contribution >= 0.6 is 0 Å². The van der Waals surface area contributed by atoms with Gasteiger partial charge in [0.05, 0.1) is 31.7 Å². The lowest BCUT2D eigenvalue weighted by atomic mass is 10.0. The third-order valence-electron chi connectivity index (χ3n) is 4.02. The molecule has 5 nitrogen and oxygen atoms in total. The molecule has 2 aromatic rings. The summed E-state index contributed by atoms with van der Waals surface area (Å²) in [4.78, 5) is 0. The van der Waals surface area contributed by atoms with Crippen molar-refractivity contribution in [1.82, 2.24) is 0 Å². The van der Waals surface area contributed by atoms with Gasteiger partial charge in [0.25, 0.3) is 0 Å². The fraction of sp³-hybridized carbons (Fsp3) is 0.278. The molecule has 0 aliphatic carbocycles. The number of hydrogen-bond donors (Lipinski definition) is 1. The molecule has 2 N–H and O–H groups in total. The Morgan fingerprint density at radius 3 is 2.48 bits per heavy atom. The summed E-state index contributed by atoms with van der Waals surface area (Å²) >= 11 is 0. The van der Waals surface area contributed by atoms with Crippen LogP contribution in [0.2, 0.25) is 0 Å². The summed E-state index contributed by atoms with van der Waals surface area (Å²) in [7, 11) is 3.26. The highest BCUT2D eigenvalue weighted by Gasteiger charge is 2.29. The first-order chi connectivity index (χ1) is 11.3. The maximum Gasteiger partial charge on any atom is 0.162 e.